The highest BCUT2D eigenvalue weighted by molar-refractivity contribution is 7.19. The normalized spacial score (nSPS) is 17.4. The molecule has 6 nitrogen and oxygen atoms in total. The number of rotatable bonds is 6. The summed E-state index contributed by atoms with van der Waals surface area (Å²) >= 11 is 1.88. The Hall–Kier alpha value is -3.45. The number of hydrogen-bond acceptors (Lipinski definition) is 5. The van der Waals surface area contributed by atoms with Crippen LogP contribution in [-0.4, -0.2) is 47.1 Å². The number of piperazine rings is 1. The smallest absolute Gasteiger partial charge is 0.317 e. The maximum Gasteiger partial charge on any atom is 0.317 e. The van der Waals surface area contributed by atoms with Crippen LogP contribution < -0.4 is 10.2 Å². The molecular weight excluding hydrogens is 490 g/mol. The number of anilines is 1. The molecule has 0 radical (unpaired) electrons. The third-order valence-electron chi connectivity index (χ3n) is 7.82. The average molecular weight is 526 g/mol. The van der Waals surface area contributed by atoms with E-state index in [1.54, 1.807) is 0 Å². The van der Waals surface area contributed by atoms with Crippen molar-refractivity contribution in [2.75, 3.05) is 31.1 Å². The van der Waals surface area contributed by atoms with Gasteiger partial charge in [-0.3, -0.25) is 0 Å². The van der Waals surface area contributed by atoms with E-state index in [-0.39, 0.29) is 6.03 Å². The van der Waals surface area contributed by atoms with E-state index in [1.807, 2.05) is 46.6 Å². The van der Waals surface area contributed by atoms with Crippen molar-refractivity contribution < 1.29 is 4.79 Å². The summed E-state index contributed by atoms with van der Waals surface area (Å²) in [5.74, 6) is 2.72. The fraction of sp³-hybridized carbons (Fsp3) is 0.387. The van der Waals surface area contributed by atoms with Crippen LogP contribution in [0.15, 0.2) is 60.7 Å². The Balaban J connectivity index is 1.21. The van der Waals surface area contributed by atoms with Crippen LogP contribution >= 0.6 is 11.3 Å². The second kappa shape index (κ2) is 11.1. The van der Waals surface area contributed by atoms with Crippen LogP contribution in [0.2, 0.25) is 0 Å². The number of nitrogens with one attached hydrogen (secondary N) is 1. The first-order valence-corrected chi connectivity index (χ1v) is 14.6. The molecular formula is C31H35N5OS. The highest BCUT2D eigenvalue weighted by Crippen LogP contribution is 2.41. The van der Waals surface area contributed by atoms with Crippen molar-refractivity contribution in [1.29, 1.82) is 0 Å². The number of carbonyl (C=O) groups excluding carboxylic acids is 1. The van der Waals surface area contributed by atoms with Crippen LogP contribution in [0.5, 0.6) is 0 Å². The Labute approximate surface area is 228 Å². The van der Waals surface area contributed by atoms with E-state index < -0.39 is 0 Å². The molecule has 0 spiro atoms. The molecule has 1 fully saturated rings. The summed E-state index contributed by atoms with van der Waals surface area (Å²) in [5, 5.41) is 4.35. The number of fused-ring (bicyclic) bond motifs is 3. The van der Waals surface area contributed by atoms with E-state index >= 15 is 0 Å². The van der Waals surface area contributed by atoms with Crippen molar-refractivity contribution in [3.05, 3.63) is 88.1 Å². The third kappa shape index (κ3) is 5.39. The van der Waals surface area contributed by atoms with Gasteiger partial charge in [0.15, 0.2) is 0 Å². The van der Waals surface area contributed by atoms with Crippen molar-refractivity contribution in [3.63, 3.8) is 0 Å². The molecule has 2 amide bonds. The second-order valence-corrected chi connectivity index (χ2v) is 11.7. The van der Waals surface area contributed by atoms with Gasteiger partial charge in [-0.2, -0.15) is 0 Å². The molecule has 7 heteroatoms. The molecule has 38 heavy (non-hydrogen) atoms. The topological polar surface area (TPSA) is 61.4 Å². The van der Waals surface area contributed by atoms with Gasteiger partial charge in [-0.1, -0.05) is 67.6 Å². The van der Waals surface area contributed by atoms with Crippen LogP contribution in [0.3, 0.4) is 0 Å². The van der Waals surface area contributed by atoms with E-state index in [0.29, 0.717) is 19.6 Å². The summed E-state index contributed by atoms with van der Waals surface area (Å²) < 4.78 is 0. The van der Waals surface area contributed by atoms with Crippen LogP contribution in [0.1, 0.15) is 40.7 Å². The van der Waals surface area contributed by atoms with Crippen LogP contribution in [-0.2, 0) is 32.2 Å². The second-order valence-electron chi connectivity index (χ2n) is 10.6. The van der Waals surface area contributed by atoms with E-state index in [9.17, 15) is 4.79 Å². The number of benzene rings is 2. The zero-order valence-electron chi connectivity index (χ0n) is 22.0. The molecule has 4 aromatic rings. The third-order valence-corrected chi connectivity index (χ3v) is 8.96. The molecule has 1 atom stereocenters. The van der Waals surface area contributed by atoms with Gasteiger partial charge in [0.05, 0.1) is 5.39 Å². The summed E-state index contributed by atoms with van der Waals surface area (Å²) in [6.45, 7) is 5.85. The summed E-state index contributed by atoms with van der Waals surface area (Å²) in [7, 11) is 0. The van der Waals surface area contributed by atoms with Crippen molar-refractivity contribution in [1.82, 2.24) is 20.2 Å². The van der Waals surface area contributed by atoms with Gasteiger partial charge in [0, 0.05) is 44.0 Å². The van der Waals surface area contributed by atoms with Crippen molar-refractivity contribution in [2.45, 2.75) is 45.6 Å². The largest absolute Gasteiger partial charge is 0.352 e. The molecule has 1 aliphatic heterocycles. The highest BCUT2D eigenvalue weighted by atomic mass is 32.1. The standard InChI is InChI=1S/C31H35N5OS/c1-22-12-14-25-26(20-22)38-30-28(25)29(33-27(34-30)15-13-23-8-4-2-5-9-23)35-16-18-36(19-17-35)31(37)32-21-24-10-6-3-7-11-24/h2-11,22H,12-21H2,1H3,(H,32,37). The zero-order chi connectivity index (χ0) is 25.9. The number of thiophene rings is 1. The Morgan fingerprint density at radius 2 is 1.66 bits per heavy atom. The van der Waals surface area contributed by atoms with Crippen molar-refractivity contribution in [2.24, 2.45) is 5.92 Å². The Kier molecular flexibility index (Phi) is 7.27. The minimum atomic E-state index is 0.00629. The predicted octanol–water partition coefficient (Wildman–Crippen LogP) is 5.63. The number of aryl methyl sites for hydroxylation is 3. The van der Waals surface area contributed by atoms with Gasteiger partial charge in [0.2, 0.25) is 0 Å². The van der Waals surface area contributed by atoms with E-state index in [1.165, 1.54) is 27.8 Å². The summed E-state index contributed by atoms with van der Waals surface area (Å²) in [6, 6.07) is 20.7. The Bertz CT molecular complexity index is 1400. The highest BCUT2D eigenvalue weighted by Gasteiger charge is 2.28. The number of nitrogens with zero attached hydrogens (tertiary/aromatic N) is 4. The number of aromatic nitrogens is 2. The number of hydrogen-bond donors (Lipinski definition) is 1. The number of urea groups is 1. The molecule has 2 aromatic carbocycles. The maximum absolute atomic E-state index is 12.9. The minimum Gasteiger partial charge on any atom is -0.352 e. The van der Waals surface area contributed by atoms with Crippen LogP contribution in [0.25, 0.3) is 10.2 Å². The number of amides is 2. The van der Waals surface area contributed by atoms with Gasteiger partial charge in [-0.15, -0.1) is 11.3 Å². The monoisotopic (exact) mass is 525 g/mol. The maximum atomic E-state index is 12.9. The van der Waals surface area contributed by atoms with Gasteiger partial charge < -0.3 is 15.1 Å². The first-order valence-electron chi connectivity index (χ1n) is 13.8. The fourth-order valence-corrected chi connectivity index (χ4v) is 7.01. The molecule has 6 rings (SSSR count). The molecule has 0 bridgehead atoms. The van der Waals surface area contributed by atoms with Crippen molar-refractivity contribution in [3.8, 4) is 0 Å². The van der Waals surface area contributed by atoms with Gasteiger partial charge in [-0.25, -0.2) is 14.8 Å². The SMILES string of the molecule is CC1CCc2c(sc3nc(CCc4ccccc4)nc(N4CCN(C(=O)NCc5ccccc5)CC4)c23)C1. The van der Waals surface area contributed by atoms with Crippen LogP contribution in [0.4, 0.5) is 10.6 Å². The molecule has 1 N–H and O–H groups in total. The molecule has 1 aliphatic carbocycles. The quantitative estimate of drug-likeness (QED) is 0.354. The Morgan fingerprint density at radius 3 is 2.39 bits per heavy atom. The Morgan fingerprint density at radius 1 is 0.947 bits per heavy atom. The van der Waals surface area contributed by atoms with E-state index in [2.05, 4.69) is 47.5 Å². The first kappa shape index (κ1) is 24.9. The lowest BCUT2D eigenvalue weighted by atomic mass is 9.89. The van der Waals surface area contributed by atoms with Crippen molar-refractivity contribution >= 4 is 33.4 Å². The van der Waals surface area contributed by atoms with E-state index in [4.69, 9.17) is 9.97 Å². The zero-order valence-corrected chi connectivity index (χ0v) is 22.8. The minimum absolute atomic E-state index is 0.00629. The molecule has 2 aromatic heterocycles. The molecule has 1 saturated heterocycles. The first-order chi connectivity index (χ1) is 18.6. The lowest BCUT2D eigenvalue weighted by Gasteiger charge is -2.36. The summed E-state index contributed by atoms with van der Waals surface area (Å²) in [6.07, 6.45) is 5.24. The predicted molar refractivity (Wildman–Crippen MR) is 155 cm³/mol. The lowest BCUT2D eigenvalue weighted by Crippen LogP contribution is -2.52. The molecule has 1 unspecified atom stereocenters. The van der Waals surface area contributed by atoms with Gasteiger partial charge in [-0.05, 0) is 48.3 Å². The average Bonchev–Trinajstić information content (AvgIpc) is 3.33. The molecule has 3 heterocycles. The van der Waals surface area contributed by atoms with Gasteiger partial charge >= 0.3 is 6.03 Å². The summed E-state index contributed by atoms with van der Waals surface area (Å²) in [5.41, 5.74) is 3.89. The molecule has 196 valence electrons. The van der Waals surface area contributed by atoms with Gasteiger partial charge in [0.25, 0.3) is 0 Å². The molecule has 2 aliphatic rings. The number of carbonyl (C=O) groups is 1. The van der Waals surface area contributed by atoms with Crippen LogP contribution in [0, 0.1) is 5.92 Å². The lowest BCUT2D eigenvalue weighted by molar-refractivity contribution is 0.194. The van der Waals surface area contributed by atoms with E-state index in [0.717, 1.165) is 66.7 Å². The summed E-state index contributed by atoms with van der Waals surface area (Å²) in [4.78, 5) is 30.1. The molecule has 0 saturated carbocycles. The fourth-order valence-electron chi connectivity index (χ4n) is 5.61. The van der Waals surface area contributed by atoms with Gasteiger partial charge in [0.1, 0.15) is 16.5 Å².